The zero-order valence-electron chi connectivity index (χ0n) is 11.8. The minimum atomic E-state index is -0.415. The summed E-state index contributed by atoms with van der Waals surface area (Å²) in [5.41, 5.74) is 0.600. The Hall–Kier alpha value is -2.73. The number of carbonyl (C=O) groups excluding carboxylic acids is 1. The Labute approximate surface area is 135 Å². The van der Waals surface area contributed by atoms with Crippen LogP contribution >= 0.6 is 11.6 Å². The minimum Gasteiger partial charge on any atom is -0.325 e. The van der Waals surface area contributed by atoms with E-state index in [1.54, 1.807) is 12.1 Å². The third-order valence-corrected chi connectivity index (χ3v) is 3.46. The van der Waals surface area contributed by atoms with Gasteiger partial charge in [0.15, 0.2) is 0 Å². The van der Waals surface area contributed by atoms with E-state index >= 15 is 0 Å². The molecule has 7 heteroatoms. The van der Waals surface area contributed by atoms with E-state index in [0.29, 0.717) is 21.6 Å². The minimum absolute atomic E-state index is 0.203. The number of hydrogen-bond donors (Lipinski definition) is 1. The highest BCUT2D eigenvalue weighted by Gasteiger charge is 2.09. The first-order chi connectivity index (χ1) is 11.0. The summed E-state index contributed by atoms with van der Waals surface area (Å²) < 4.78 is 14.0. The van der Waals surface area contributed by atoms with Crippen LogP contribution < -0.4 is 10.9 Å². The van der Waals surface area contributed by atoms with Gasteiger partial charge in [-0.1, -0.05) is 11.6 Å². The smallest absolute Gasteiger partial charge is 0.261 e. The van der Waals surface area contributed by atoms with Gasteiger partial charge in [0.05, 0.1) is 17.2 Å². The van der Waals surface area contributed by atoms with Crippen LogP contribution in [0.5, 0.6) is 0 Å². The molecule has 0 fully saturated rings. The van der Waals surface area contributed by atoms with E-state index in [2.05, 4.69) is 10.3 Å². The normalized spacial score (nSPS) is 10.7. The SMILES string of the molecule is O=C(Cn1cnc2ccc(Cl)cc2c1=O)Nc1ccc(F)cc1. The molecule has 0 unspecified atom stereocenters. The van der Waals surface area contributed by atoms with E-state index in [4.69, 9.17) is 11.6 Å². The van der Waals surface area contributed by atoms with Crippen molar-refractivity contribution in [3.05, 3.63) is 70.0 Å². The van der Waals surface area contributed by atoms with Gasteiger partial charge in [0.25, 0.3) is 5.56 Å². The first-order valence-corrected chi connectivity index (χ1v) is 7.11. The van der Waals surface area contributed by atoms with Crippen LogP contribution in [-0.4, -0.2) is 15.5 Å². The summed E-state index contributed by atoms with van der Waals surface area (Å²) in [5, 5.41) is 3.35. The fraction of sp³-hybridized carbons (Fsp3) is 0.0625. The standard InChI is InChI=1S/C16H11ClFN3O2/c17-10-1-6-14-13(7-10)16(23)21(9-19-14)8-15(22)20-12-4-2-11(18)3-5-12/h1-7,9H,8H2,(H,20,22). The van der Waals surface area contributed by atoms with Crippen LogP contribution in [-0.2, 0) is 11.3 Å². The van der Waals surface area contributed by atoms with Gasteiger partial charge in [0.1, 0.15) is 12.4 Å². The van der Waals surface area contributed by atoms with Crippen LogP contribution in [0.25, 0.3) is 10.9 Å². The van der Waals surface area contributed by atoms with Crippen molar-refractivity contribution in [2.24, 2.45) is 0 Å². The van der Waals surface area contributed by atoms with Crippen LogP contribution in [0.3, 0.4) is 0 Å². The Morgan fingerprint density at radius 1 is 1.22 bits per heavy atom. The zero-order valence-corrected chi connectivity index (χ0v) is 12.5. The number of fused-ring (bicyclic) bond motifs is 1. The van der Waals surface area contributed by atoms with Gasteiger partial charge in [0.2, 0.25) is 5.91 Å². The number of carbonyl (C=O) groups is 1. The van der Waals surface area contributed by atoms with Crippen molar-refractivity contribution in [2.75, 3.05) is 5.32 Å². The first-order valence-electron chi connectivity index (χ1n) is 6.73. The molecule has 0 bridgehead atoms. The van der Waals surface area contributed by atoms with Gasteiger partial charge >= 0.3 is 0 Å². The molecule has 0 saturated carbocycles. The molecule has 1 amide bonds. The molecule has 0 spiro atoms. The molecular weight excluding hydrogens is 321 g/mol. The van der Waals surface area contributed by atoms with Crippen LogP contribution in [0.15, 0.2) is 53.6 Å². The maximum atomic E-state index is 12.8. The van der Waals surface area contributed by atoms with Crippen LogP contribution in [0.4, 0.5) is 10.1 Å². The molecule has 23 heavy (non-hydrogen) atoms. The molecule has 116 valence electrons. The van der Waals surface area contributed by atoms with Crippen molar-refractivity contribution in [1.82, 2.24) is 9.55 Å². The Balaban J connectivity index is 1.83. The van der Waals surface area contributed by atoms with Crippen LogP contribution in [0.2, 0.25) is 5.02 Å². The van der Waals surface area contributed by atoms with E-state index in [1.165, 1.54) is 41.2 Å². The second-order valence-electron chi connectivity index (χ2n) is 4.89. The summed E-state index contributed by atoms with van der Waals surface area (Å²) in [7, 11) is 0. The molecule has 1 N–H and O–H groups in total. The van der Waals surface area contributed by atoms with Gasteiger partial charge in [-0.25, -0.2) is 9.37 Å². The topological polar surface area (TPSA) is 64.0 Å². The van der Waals surface area contributed by atoms with Crippen molar-refractivity contribution in [3.8, 4) is 0 Å². The molecule has 0 radical (unpaired) electrons. The average Bonchev–Trinajstić information content (AvgIpc) is 2.53. The van der Waals surface area contributed by atoms with Crippen molar-refractivity contribution < 1.29 is 9.18 Å². The Bertz CT molecular complexity index is 938. The van der Waals surface area contributed by atoms with Crippen molar-refractivity contribution in [1.29, 1.82) is 0 Å². The Kier molecular flexibility index (Phi) is 4.08. The summed E-state index contributed by atoms with van der Waals surface area (Å²) >= 11 is 5.88. The number of nitrogens with one attached hydrogen (secondary N) is 1. The van der Waals surface area contributed by atoms with E-state index < -0.39 is 11.7 Å². The van der Waals surface area contributed by atoms with Crippen molar-refractivity contribution >= 4 is 34.1 Å². The quantitative estimate of drug-likeness (QED) is 0.802. The van der Waals surface area contributed by atoms with Gasteiger partial charge < -0.3 is 5.32 Å². The van der Waals surface area contributed by atoms with Gasteiger partial charge in [0, 0.05) is 10.7 Å². The number of benzene rings is 2. The number of anilines is 1. The highest BCUT2D eigenvalue weighted by Crippen LogP contribution is 2.14. The molecule has 3 rings (SSSR count). The largest absolute Gasteiger partial charge is 0.325 e. The molecule has 3 aromatic rings. The summed E-state index contributed by atoms with van der Waals surface area (Å²) in [5.74, 6) is -0.809. The predicted molar refractivity (Wildman–Crippen MR) is 86.0 cm³/mol. The molecule has 5 nitrogen and oxygen atoms in total. The summed E-state index contributed by atoms with van der Waals surface area (Å²) in [4.78, 5) is 28.5. The van der Waals surface area contributed by atoms with E-state index in [-0.39, 0.29) is 12.1 Å². The molecule has 1 aromatic heterocycles. The third kappa shape index (κ3) is 3.37. The third-order valence-electron chi connectivity index (χ3n) is 3.23. The number of halogens is 2. The summed E-state index contributed by atoms with van der Waals surface area (Å²) in [6, 6.07) is 10.1. The molecule has 2 aromatic carbocycles. The number of nitrogens with zero attached hydrogens (tertiary/aromatic N) is 2. The molecule has 1 heterocycles. The van der Waals surface area contributed by atoms with Gasteiger partial charge in [-0.05, 0) is 42.5 Å². The van der Waals surface area contributed by atoms with Gasteiger partial charge in [-0.15, -0.1) is 0 Å². The molecule has 0 aliphatic rings. The lowest BCUT2D eigenvalue weighted by Gasteiger charge is -2.08. The summed E-state index contributed by atoms with van der Waals surface area (Å²) in [6.07, 6.45) is 1.31. The average molecular weight is 332 g/mol. The van der Waals surface area contributed by atoms with Crippen molar-refractivity contribution in [2.45, 2.75) is 6.54 Å². The number of amides is 1. The van der Waals surface area contributed by atoms with E-state index in [1.807, 2.05) is 0 Å². The molecule has 0 aliphatic heterocycles. The second-order valence-corrected chi connectivity index (χ2v) is 5.33. The van der Waals surface area contributed by atoms with E-state index in [9.17, 15) is 14.0 Å². The lowest BCUT2D eigenvalue weighted by molar-refractivity contribution is -0.116. The maximum Gasteiger partial charge on any atom is 0.261 e. The highest BCUT2D eigenvalue weighted by molar-refractivity contribution is 6.31. The highest BCUT2D eigenvalue weighted by atomic mass is 35.5. The van der Waals surface area contributed by atoms with Crippen molar-refractivity contribution in [3.63, 3.8) is 0 Å². The first kappa shape index (κ1) is 15.2. The predicted octanol–water partition coefficient (Wildman–Crippen LogP) is 2.83. The molecule has 0 saturated heterocycles. The number of rotatable bonds is 3. The second kappa shape index (κ2) is 6.18. The molecule has 0 aliphatic carbocycles. The molecule has 0 atom stereocenters. The monoisotopic (exact) mass is 331 g/mol. The fourth-order valence-corrected chi connectivity index (χ4v) is 2.30. The van der Waals surface area contributed by atoms with Crippen LogP contribution in [0, 0.1) is 5.82 Å². The Morgan fingerprint density at radius 3 is 2.70 bits per heavy atom. The maximum absolute atomic E-state index is 12.8. The lowest BCUT2D eigenvalue weighted by atomic mass is 10.2. The number of aromatic nitrogens is 2. The Morgan fingerprint density at radius 2 is 1.96 bits per heavy atom. The summed E-state index contributed by atoms with van der Waals surface area (Å²) in [6.45, 7) is -0.203. The lowest BCUT2D eigenvalue weighted by Crippen LogP contribution is -2.27. The van der Waals surface area contributed by atoms with Crippen LogP contribution in [0.1, 0.15) is 0 Å². The number of hydrogen-bond acceptors (Lipinski definition) is 3. The zero-order chi connectivity index (χ0) is 16.4. The molecular formula is C16H11ClFN3O2. The van der Waals surface area contributed by atoms with E-state index in [0.717, 1.165) is 0 Å². The van der Waals surface area contributed by atoms with Gasteiger partial charge in [-0.3, -0.25) is 14.2 Å². The van der Waals surface area contributed by atoms with Gasteiger partial charge in [-0.2, -0.15) is 0 Å². The fourth-order valence-electron chi connectivity index (χ4n) is 2.13.